The van der Waals surface area contributed by atoms with Crippen molar-refractivity contribution in [1.82, 2.24) is 9.80 Å². The number of aliphatic carboxylic acids is 1. The molecule has 6 nitrogen and oxygen atoms in total. The van der Waals surface area contributed by atoms with Crippen LogP contribution in [-0.2, 0) is 14.4 Å². The van der Waals surface area contributed by atoms with Crippen LogP contribution in [0.3, 0.4) is 0 Å². The van der Waals surface area contributed by atoms with Crippen LogP contribution >= 0.6 is 0 Å². The summed E-state index contributed by atoms with van der Waals surface area (Å²) in [5, 5.41) is 9.31. The Morgan fingerprint density at radius 1 is 1.21 bits per heavy atom. The van der Waals surface area contributed by atoms with Crippen molar-refractivity contribution in [1.29, 1.82) is 0 Å². The lowest BCUT2D eigenvalue weighted by molar-refractivity contribution is -0.147. The molecule has 6 heteroatoms. The van der Waals surface area contributed by atoms with E-state index in [1.54, 1.807) is 11.8 Å². The van der Waals surface area contributed by atoms with Gasteiger partial charge in [-0.2, -0.15) is 0 Å². The molecule has 2 amide bonds. The van der Waals surface area contributed by atoms with Crippen LogP contribution in [0.25, 0.3) is 0 Å². The highest BCUT2D eigenvalue weighted by Crippen LogP contribution is 2.34. The van der Waals surface area contributed by atoms with Crippen LogP contribution < -0.4 is 0 Å². The minimum absolute atomic E-state index is 0.0417. The molecule has 1 N–H and O–H groups in total. The fourth-order valence-electron chi connectivity index (χ4n) is 4.39. The van der Waals surface area contributed by atoms with Gasteiger partial charge in [0.15, 0.2) is 0 Å². The normalized spacial score (nSPS) is 37.1. The zero-order valence-electron chi connectivity index (χ0n) is 14.7. The van der Waals surface area contributed by atoms with Gasteiger partial charge in [0.1, 0.15) is 0 Å². The summed E-state index contributed by atoms with van der Waals surface area (Å²) in [6, 6.07) is 0.286. The number of hydrogen-bond acceptors (Lipinski definition) is 3. The average molecular weight is 336 g/mol. The van der Waals surface area contributed by atoms with Gasteiger partial charge in [0.25, 0.3) is 0 Å². The van der Waals surface area contributed by atoms with Gasteiger partial charge in [-0.05, 0) is 44.9 Å². The van der Waals surface area contributed by atoms with Crippen molar-refractivity contribution in [3.05, 3.63) is 0 Å². The molecule has 0 radical (unpaired) electrons. The van der Waals surface area contributed by atoms with Gasteiger partial charge >= 0.3 is 5.97 Å². The van der Waals surface area contributed by atoms with Crippen molar-refractivity contribution in [2.45, 2.75) is 58.4 Å². The summed E-state index contributed by atoms with van der Waals surface area (Å²) in [4.78, 5) is 40.0. The Bertz CT molecular complexity index is 541. The molecule has 0 aromatic heterocycles. The van der Waals surface area contributed by atoms with Crippen molar-refractivity contribution in [2.75, 3.05) is 19.6 Å². The van der Waals surface area contributed by atoms with Crippen LogP contribution in [0.2, 0.25) is 0 Å². The summed E-state index contributed by atoms with van der Waals surface area (Å²) in [5.74, 6) is -0.367. The van der Waals surface area contributed by atoms with E-state index in [0.29, 0.717) is 19.5 Å². The van der Waals surface area contributed by atoms with E-state index in [9.17, 15) is 19.5 Å². The zero-order valence-corrected chi connectivity index (χ0v) is 14.7. The second-order valence-corrected chi connectivity index (χ2v) is 8.24. The van der Waals surface area contributed by atoms with Crippen molar-refractivity contribution in [3.63, 3.8) is 0 Å². The lowest BCUT2D eigenvalue weighted by Gasteiger charge is -2.33. The molecule has 0 aromatic rings. The number of nitrogens with zero attached hydrogens (tertiary/aromatic N) is 2. The van der Waals surface area contributed by atoms with Gasteiger partial charge in [-0.3, -0.25) is 14.4 Å². The third kappa shape index (κ3) is 3.15. The van der Waals surface area contributed by atoms with E-state index in [4.69, 9.17) is 0 Å². The number of carbonyl (C=O) groups excluding carboxylic acids is 2. The number of carbonyl (C=O) groups is 3. The Morgan fingerprint density at radius 2 is 1.88 bits per heavy atom. The van der Waals surface area contributed by atoms with Crippen molar-refractivity contribution in [3.8, 4) is 0 Å². The number of hydrogen-bond donors (Lipinski definition) is 1. The standard InChI is InChI=1S/C18H28N2O4/c1-12-3-5-14(6-4-12)20-10-13(9-15(20)21)16(22)19-8-7-18(2,11-19)17(23)24/h12-14H,3-11H2,1-2H3,(H,23,24). The third-order valence-corrected chi connectivity index (χ3v) is 6.24. The predicted octanol–water partition coefficient (Wildman–Crippen LogP) is 1.74. The van der Waals surface area contributed by atoms with Gasteiger partial charge in [0.05, 0.1) is 11.3 Å². The molecule has 1 aliphatic carbocycles. The first kappa shape index (κ1) is 17.2. The number of likely N-dealkylation sites (tertiary alicyclic amines) is 2. The van der Waals surface area contributed by atoms with Crippen molar-refractivity contribution in [2.24, 2.45) is 17.3 Å². The van der Waals surface area contributed by atoms with E-state index in [1.165, 1.54) is 0 Å². The van der Waals surface area contributed by atoms with Crippen LogP contribution in [0.4, 0.5) is 0 Å². The first-order valence-corrected chi connectivity index (χ1v) is 9.12. The van der Waals surface area contributed by atoms with Gasteiger partial charge in [-0.15, -0.1) is 0 Å². The van der Waals surface area contributed by atoms with Gasteiger partial charge in [0.2, 0.25) is 11.8 Å². The second-order valence-electron chi connectivity index (χ2n) is 8.24. The highest BCUT2D eigenvalue weighted by Gasteiger charge is 2.46. The Hall–Kier alpha value is -1.59. The second kappa shape index (κ2) is 6.37. The summed E-state index contributed by atoms with van der Waals surface area (Å²) in [6.45, 7) is 5.19. The van der Waals surface area contributed by atoms with E-state index in [-0.39, 0.29) is 36.7 Å². The highest BCUT2D eigenvalue weighted by atomic mass is 16.4. The maximum Gasteiger partial charge on any atom is 0.311 e. The van der Waals surface area contributed by atoms with Crippen LogP contribution in [0, 0.1) is 17.3 Å². The van der Waals surface area contributed by atoms with Gasteiger partial charge < -0.3 is 14.9 Å². The molecule has 2 saturated heterocycles. The molecule has 2 atom stereocenters. The number of rotatable bonds is 3. The summed E-state index contributed by atoms with van der Waals surface area (Å²) < 4.78 is 0. The Kier molecular flexibility index (Phi) is 4.58. The molecule has 2 unspecified atom stereocenters. The monoisotopic (exact) mass is 336 g/mol. The number of amides is 2. The summed E-state index contributed by atoms with van der Waals surface area (Å²) in [7, 11) is 0. The molecule has 3 aliphatic rings. The van der Waals surface area contributed by atoms with Gasteiger partial charge in [-0.1, -0.05) is 6.92 Å². The smallest absolute Gasteiger partial charge is 0.311 e. The van der Waals surface area contributed by atoms with E-state index >= 15 is 0 Å². The minimum Gasteiger partial charge on any atom is -0.481 e. The third-order valence-electron chi connectivity index (χ3n) is 6.24. The predicted molar refractivity (Wildman–Crippen MR) is 88.2 cm³/mol. The quantitative estimate of drug-likeness (QED) is 0.851. The van der Waals surface area contributed by atoms with Crippen LogP contribution in [-0.4, -0.2) is 58.4 Å². The minimum atomic E-state index is -0.850. The molecule has 0 aromatic carbocycles. The lowest BCUT2D eigenvalue weighted by atomic mass is 9.86. The molecule has 24 heavy (non-hydrogen) atoms. The first-order valence-electron chi connectivity index (χ1n) is 9.12. The van der Waals surface area contributed by atoms with Gasteiger partial charge in [0, 0.05) is 32.1 Å². The molecule has 1 saturated carbocycles. The molecule has 2 heterocycles. The molecule has 0 bridgehead atoms. The van der Waals surface area contributed by atoms with Crippen molar-refractivity contribution >= 4 is 17.8 Å². The first-order chi connectivity index (χ1) is 11.3. The van der Waals surface area contributed by atoms with Crippen LogP contribution in [0.15, 0.2) is 0 Å². The molecule has 2 aliphatic heterocycles. The Morgan fingerprint density at radius 3 is 2.46 bits per heavy atom. The topological polar surface area (TPSA) is 77.9 Å². The van der Waals surface area contributed by atoms with Crippen LogP contribution in [0.1, 0.15) is 52.4 Å². The lowest BCUT2D eigenvalue weighted by Crippen LogP contribution is -2.41. The zero-order chi connectivity index (χ0) is 17.5. The fraction of sp³-hybridized carbons (Fsp3) is 0.833. The molecular weight excluding hydrogens is 308 g/mol. The molecule has 134 valence electrons. The van der Waals surface area contributed by atoms with E-state index in [0.717, 1.165) is 31.6 Å². The average Bonchev–Trinajstić information content (AvgIpc) is 3.12. The van der Waals surface area contributed by atoms with Crippen LogP contribution in [0.5, 0.6) is 0 Å². The van der Waals surface area contributed by atoms with Gasteiger partial charge in [-0.25, -0.2) is 0 Å². The highest BCUT2D eigenvalue weighted by molar-refractivity contribution is 5.90. The van der Waals surface area contributed by atoms with E-state index in [1.807, 2.05) is 4.90 Å². The van der Waals surface area contributed by atoms with Crippen molar-refractivity contribution < 1.29 is 19.5 Å². The molecule has 0 spiro atoms. The SMILES string of the molecule is CC1CCC(N2CC(C(=O)N3CCC(C)(C(=O)O)C3)CC2=O)CC1. The largest absolute Gasteiger partial charge is 0.481 e. The Labute approximate surface area is 143 Å². The maximum absolute atomic E-state index is 12.7. The van der Waals surface area contributed by atoms with E-state index in [2.05, 4.69) is 6.92 Å². The summed E-state index contributed by atoms with van der Waals surface area (Å²) in [6.07, 6.45) is 5.14. The summed E-state index contributed by atoms with van der Waals surface area (Å²) >= 11 is 0. The number of carboxylic acid groups (broad SMARTS) is 1. The fourth-order valence-corrected chi connectivity index (χ4v) is 4.39. The van der Waals surface area contributed by atoms with E-state index < -0.39 is 11.4 Å². The summed E-state index contributed by atoms with van der Waals surface area (Å²) in [5.41, 5.74) is -0.850. The molecule has 3 rings (SSSR count). The number of carboxylic acids is 1. The molecule has 3 fully saturated rings. The Balaban J connectivity index is 1.59. The maximum atomic E-state index is 12.7. The molecular formula is C18H28N2O4.